The molecule has 0 saturated carbocycles. The molecular formula is C21H25Cl2N3O6S. The van der Waals surface area contributed by atoms with E-state index in [9.17, 15) is 13.2 Å². The molecule has 3 rings (SSSR count). The molecule has 0 atom stereocenters. The summed E-state index contributed by atoms with van der Waals surface area (Å²) in [6.45, 7) is 2.62. The molecule has 0 radical (unpaired) electrons. The summed E-state index contributed by atoms with van der Waals surface area (Å²) in [6, 6.07) is 8.60. The average Bonchev–Trinajstić information content (AvgIpc) is 2.76. The molecule has 0 fully saturated rings. The predicted molar refractivity (Wildman–Crippen MR) is 128 cm³/mol. The first kappa shape index (κ1) is 25.4. The molecule has 0 spiro atoms. The molecule has 1 aliphatic heterocycles. The van der Waals surface area contributed by atoms with Crippen LogP contribution in [-0.2, 0) is 21.6 Å². The number of fused-ring (bicyclic) bond motifs is 1. The van der Waals surface area contributed by atoms with Gasteiger partial charge in [-0.3, -0.25) is 9.35 Å². The monoisotopic (exact) mass is 517 g/mol. The predicted octanol–water partition coefficient (Wildman–Crippen LogP) is 3.92. The Labute approximate surface area is 202 Å². The fourth-order valence-electron chi connectivity index (χ4n) is 3.24. The first-order valence-corrected chi connectivity index (χ1v) is 12.5. The van der Waals surface area contributed by atoms with Crippen molar-refractivity contribution < 1.29 is 26.7 Å². The smallest absolute Gasteiger partial charge is 0.446 e. The van der Waals surface area contributed by atoms with E-state index in [1.54, 1.807) is 0 Å². The van der Waals surface area contributed by atoms with Crippen molar-refractivity contribution in [3.63, 3.8) is 0 Å². The van der Waals surface area contributed by atoms with E-state index in [-0.39, 0.29) is 21.7 Å². The summed E-state index contributed by atoms with van der Waals surface area (Å²) in [5.41, 5.74) is 2.48. The number of hydrogen-bond acceptors (Lipinski definition) is 7. The van der Waals surface area contributed by atoms with Crippen LogP contribution >= 0.6 is 23.2 Å². The molecule has 0 bridgehead atoms. The zero-order chi connectivity index (χ0) is 23.8. The van der Waals surface area contributed by atoms with E-state index in [0.717, 1.165) is 42.8 Å². The van der Waals surface area contributed by atoms with Crippen LogP contribution in [-0.4, -0.2) is 45.1 Å². The van der Waals surface area contributed by atoms with Crippen LogP contribution in [0.2, 0.25) is 10.0 Å². The summed E-state index contributed by atoms with van der Waals surface area (Å²) in [4.78, 5) is 11.5. The first-order chi connectivity index (χ1) is 15.7. The maximum atomic E-state index is 11.5. The van der Waals surface area contributed by atoms with Gasteiger partial charge in [0.05, 0.1) is 17.3 Å². The largest absolute Gasteiger partial charge is 0.494 e. The molecule has 0 saturated heterocycles. The number of hydrogen-bond donors (Lipinski definition) is 4. The van der Waals surface area contributed by atoms with E-state index in [1.807, 2.05) is 18.2 Å². The minimum Gasteiger partial charge on any atom is -0.494 e. The van der Waals surface area contributed by atoms with Gasteiger partial charge in [0.2, 0.25) is 5.91 Å². The zero-order valence-electron chi connectivity index (χ0n) is 17.7. The minimum absolute atomic E-state index is 0.0359. The van der Waals surface area contributed by atoms with E-state index < -0.39 is 10.4 Å². The number of carbonyl (C=O) groups excluding carboxylic acids is 1. The van der Waals surface area contributed by atoms with E-state index in [4.69, 9.17) is 32.5 Å². The van der Waals surface area contributed by atoms with Crippen LogP contribution in [0, 0.1) is 0 Å². The molecule has 180 valence electrons. The van der Waals surface area contributed by atoms with Crippen molar-refractivity contribution in [1.29, 1.82) is 0 Å². The zero-order valence-corrected chi connectivity index (χ0v) is 20.0. The van der Waals surface area contributed by atoms with Crippen molar-refractivity contribution in [3.8, 4) is 11.5 Å². The third-order valence-corrected chi connectivity index (χ3v) is 6.11. The van der Waals surface area contributed by atoms with Crippen LogP contribution in [0.5, 0.6) is 11.5 Å². The molecule has 1 heterocycles. The normalized spacial score (nSPS) is 13.2. The van der Waals surface area contributed by atoms with E-state index in [1.165, 1.54) is 12.1 Å². The quantitative estimate of drug-likeness (QED) is 0.246. The van der Waals surface area contributed by atoms with Gasteiger partial charge < -0.3 is 24.9 Å². The molecule has 4 N–H and O–H groups in total. The molecule has 9 nitrogen and oxygen atoms in total. The SMILES string of the molecule is O=C1CCc2ccc(OCCCCNCCNc3ccc(OS(=O)(=O)O)c(Cl)c3Cl)cc2N1. The van der Waals surface area contributed by atoms with Crippen molar-refractivity contribution in [1.82, 2.24) is 5.32 Å². The molecule has 0 aliphatic carbocycles. The lowest BCUT2D eigenvalue weighted by atomic mass is 10.0. The second-order valence-corrected chi connectivity index (χ2v) is 9.13. The Balaban J connectivity index is 1.29. The highest BCUT2D eigenvalue weighted by Gasteiger charge is 2.16. The fourth-order valence-corrected chi connectivity index (χ4v) is 4.08. The highest BCUT2D eigenvalue weighted by Crippen LogP contribution is 2.37. The molecule has 33 heavy (non-hydrogen) atoms. The van der Waals surface area contributed by atoms with Crippen molar-refractivity contribution >= 4 is 50.9 Å². The first-order valence-electron chi connectivity index (χ1n) is 10.4. The summed E-state index contributed by atoms with van der Waals surface area (Å²) in [6.07, 6.45) is 3.08. The summed E-state index contributed by atoms with van der Waals surface area (Å²) < 4.78 is 40.5. The second kappa shape index (κ2) is 11.8. The van der Waals surface area contributed by atoms with Crippen LogP contribution in [0.3, 0.4) is 0 Å². The summed E-state index contributed by atoms with van der Waals surface area (Å²) in [5, 5.41) is 9.24. The van der Waals surface area contributed by atoms with Gasteiger partial charge >= 0.3 is 10.4 Å². The Hall–Kier alpha value is -2.24. The molecule has 1 amide bonds. The molecule has 0 unspecified atom stereocenters. The number of benzene rings is 2. The van der Waals surface area contributed by atoms with E-state index >= 15 is 0 Å². The number of nitrogens with one attached hydrogen (secondary N) is 3. The van der Waals surface area contributed by atoms with Crippen molar-refractivity contribution in [2.45, 2.75) is 25.7 Å². The van der Waals surface area contributed by atoms with Gasteiger partial charge in [-0.25, -0.2) is 0 Å². The molecule has 2 aromatic carbocycles. The summed E-state index contributed by atoms with van der Waals surface area (Å²) in [7, 11) is -4.68. The number of amides is 1. The molecule has 2 aromatic rings. The number of anilines is 2. The lowest BCUT2D eigenvalue weighted by molar-refractivity contribution is -0.116. The number of carbonyl (C=O) groups is 1. The van der Waals surface area contributed by atoms with Crippen LogP contribution in [0.1, 0.15) is 24.8 Å². The van der Waals surface area contributed by atoms with Gasteiger partial charge in [-0.05, 0) is 49.6 Å². The summed E-state index contributed by atoms with van der Waals surface area (Å²) >= 11 is 12.1. The number of halogens is 2. The molecule has 0 aromatic heterocycles. The lowest BCUT2D eigenvalue weighted by Crippen LogP contribution is -2.23. The van der Waals surface area contributed by atoms with Gasteiger partial charge in [-0.2, -0.15) is 8.42 Å². The maximum absolute atomic E-state index is 11.5. The van der Waals surface area contributed by atoms with Gasteiger partial charge in [0.1, 0.15) is 10.8 Å². The van der Waals surface area contributed by atoms with Crippen molar-refractivity contribution in [2.75, 3.05) is 36.9 Å². The van der Waals surface area contributed by atoms with Gasteiger partial charge in [0.25, 0.3) is 0 Å². The van der Waals surface area contributed by atoms with Crippen LogP contribution < -0.4 is 24.9 Å². The summed E-state index contributed by atoms with van der Waals surface area (Å²) in [5.74, 6) is 0.528. The van der Waals surface area contributed by atoms with Gasteiger partial charge in [-0.15, -0.1) is 0 Å². The third kappa shape index (κ3) is 7.94. The number of ether oxygens (including phenoxy) is 1. The third-order valence-electron chi connectivity index (χ3n) is 4.85. The standard InChI is InChI=1S/C21H25Cl2N3O6S/c22-20-16(6-7-18(21(20)23)32-33(28,29)30)25-11-10-24-9-1-2-12-31-15-5-3-14-4-8-19(27)26-17(14)13-15/h3,5-7,13,24-25H,1-2,4,8-12H2,(H,26,27)(H,28,29,30). The Morgan fingerprint density at radius 1 is 1.03 bits per heavy atom. The Morgan fingerprint density at radius 3 is 2.64 bits per heavy atom. The maximum Gasteiger partial charge on any atom is 0.446 e. The second-order valence-electron chi connectivity index (χ2n) is 7.35. The topological polar surface area (TPSA) is 126 Å². The minimum atomic E-state index is -4.68. The molecular weight excluding hydrogens is 493 g/mol. The number of aryl methyl sites for hydroxylation is 1. The average molecular weight is 518 g/mol. The van der Waals surface area contributed by atoms with Crippen LogP contribution in [0.25, 0.3) is 0 Å². The fraction of sp³-hybridized carbons (Fsp3) is 0.381. The number of rotatable bonds is 12. The van der Waals surface area contributed by atoms with Crippen LogP contribution in [0.4, 0.5) is 11.4 Å². The van der Waals surface area contributed by atoms with Crippen LogP contribution in [0.15, 0.2) is 30.3 Å². The van der Waals surface area contributed by atoms with Crippen molar-refractivity contribution in [2.24, 2.45) is 0 Å². The van der Waals surface area contributed by atoms with Gasteiger partial charge in [0, 0.05) is 31.3 Å². The van der Waals surface area contributed by atoms with E-state index in [0.29, 0.717) is 31.8 Å². The Kier molecular flexibility index (Phi) is 9.04. The van der Waals surface area contributed by atoms with Gasteiger partial charge in [-0.1, -0.05) is 29.3 Å². The van der Waals surface area contributed by atoms with Crippen molar-refractivity contribution in [3.05, 3.63) is 45.9 Å². The Morgan fingerprint density at radius 2 is 1.85 bits per heavy atom. The molecule has 12 heteroatoms. The Bertz CT molecular complexity index is 1100. The van der Waals surface area contributed by atoms with E-state index in [2.05, 4.69) is 20.1 Å². The van der Waals surface area contributed by atoms with Gasteiger partial charge in [0.15, 0.2) is 5.75 Å². The lowest BCUT2D eigenvalue weighted by Gasteiger charge is -2.17. The molecule has 1 aliphatic rings. The number of unbranched alkanes of at least 4 members (excludes halogenated alkanes) is 1. The highest BCUT2D eigenvalue weighted by molar-refractivity contribution is 7.81. The highest BCUT2D eigenvalue weighted by atomic mass is 35.5.